The number of fused-ring (bicyclic) bond motifs is 2. The maximum Gasteiger partial charge on any atom is 0.343 e. The lowest BCUT2D eigenvalue weighted by Gasteiger charge is -2.23. The van der Waals surface area contributed by atoms with Gasteiger partial charge in [-0.3, -0.25) is 15.8 Å². The zero-order chi connectivity index (χ0) is 18.0. The number of nitro benzene ring substituents is 1. The number of nitrogens with two attached hydrogens (primary N) is 1. The third-order valence-electron chi connectivity index (χ3n) is 5.30. The molecular weight excluding hydrogens is 326 g/mol. The molecule has 1 spiro atoms. The minimum absolute atomic E-state index is 0.0853. The number of nitriles is 2. The van der Waals surface area contributed by atoms with Crippen LogP contribution in [0, 0.1) is 43.6 Å². The standard InChI is InChI=1S/C16H13N5O4/c1-9-6-24-16(25-9)15(8-18)12(14(15,7-17)13(19)20-16)10-3-2-4-11(5-10)21(22)23/h2-5,9,12H,6H2,1H3,(H2,19,20)/p+1/t9-,12+,14+,15+,16+/m0/s1. The highest BCUT2D eigenvalue weighted by Gasteiger charge is 2.97. The molecule has 5 atom stereocenters. The van der Waals surface area contributed by atoms with Crippen molar-refractivity contribution in [2.24, 2.45) is 16.6 Å². The Labute approximate surface area is 142 Å². The van der Waals surface area contributed by atoms with Crippen LogP contribution in [0.4, 0.5) is 5.69 Å². The number of hydrogen-bond donors (Lipinski definition) is 2. The van der Waals surface area contributed by atoms with E-state index in [4.69, 9.17) is 15.2 Å². The van der Waals surface area contributed by atoms with Gasteiger partial charge in [-0.1, -0.05) is 12.1 Å². The van der Waals surface area contributed by atoms with E-state index >= 15 is 0 Å². The van der Waals surface area contributed by atoms with Crippen LogP contribution < -0.4 is 10.7 Å². The summed E-state index contributed by atoms with van der Waals surface area (Å²) in [7, 11) is 0. The largest absolute Gasteiger partial charge is 0.343 e. The summed E-state index contributed by atoms with van der Waals surface area (Å²) in [6.45, 7) is 2.03. The molecule has 2 heterocycles. The van der Waals surface area contributed by atoms with Crippen molar-refractivity contribution in [1.82, 2.24) is 0 Å². The Balaban J connectivity index is 1.90. The predicted molar refractivity (Wildman–Crippen MR) is 81.3 cm³/mol. The van der Waals surface area contributed by atoms with Gasteiger partial charge in [-0.25, -0.2) is 4.99 Å². The van der Waals surface area contributed by atoms with Crippen molar-refractivity contribution in [3.8, 4) is 12.1 Å². The maximum atomic E-state index is 11.1. The minimum atomic E-state index is -1.53. The molecule has 0 amide bonds. The Morgan fingerprint density at radius 2 is 2.20 bits per heavy atom. The average Bonchev–Trinajstić information content (AvgIpc) is 2.99. The number of rotatable bonds is 2. The Bertz CT molecular complexity index is 918. The average molecular weight is 340 g/mol. The number of ether oxygens (including phenoxy) is 2. The lowest BCUT2D eigenvalue weighted by Crippen LogP contribution is -2.90. The molecule has 126 valence electrons. The fourth-order valence-corrected chi connectivity index (χ4v) is 4.28. The Kier molecular flexibility index (Phi) is 2.82. The van der Waals surface area contributed by atoms with Gasteiger partial charge in [0.25, 0.3) is 11.5 Å². The third-order valence-corrected chi connectivity index (χ3v) is 5.30. The van der Waals surface area contributed by atoms with E-state index in [1.165, 1.54) is 18.2 Å². The number of amidine groups is 1. The van der Waals surface area contributed by atoms with Crippen LogP contribution in [0.3, 0.4) is 0 Å². The number of nitrogens with one attached hydrogen (secondary N) is 1. The second kappa shape index (κ2) is 4.54. The van der Waals surface area contributed by atoms with Crippen LogP contribution in [0.25, 0.3) is 0 Å². The van der Waals surface area contributed by atoms with Crippen LogP contribution in [-0.4, -0.2) is 29.4 Å². The van der Waals surface area contributed by atoms with E-state index in [1.54, 1.807) is 13.0 Å². The first kappa shape index (κ1) is 15.5. The Morgan fingerprint density at radius 3 is 2.76 bits per heavy atom. The van der Waals surface area contributed by atoms with Crippen molar-refractivity contribution in [1.29, 1.82) is 10.5 Å². The highest BCUT2D eigenvalue weighted by atomic mass is 16.8. The van der Waals surface area contributed by atoms with Gasteiger partial charge in [-0.15, -0.1) is 0 Å². The summed E-state index contributed by atoms with van der Waals surface area (Å²) in [5.41, 5.74) is 3.66. The Hall–Kier alpha value is -3.01. The molecule has 0 unspecified atom stereocenters. The minimum Gasteiger partial charge on any atom is -0.311 e. The maximum absolute atomic E-state index is 11.1. The molecular formula is C16H14N5O4+. The van der Waals surface area contributed by atoms with Gasteiger partial charge in [0.15, 0.2) is 10.8 Å². The number of nitro groups is 1. The molecule has 1 saturated carbocycles. The molecule has 1 aromatic carbocycles. The van der Waals surface area contributed by atoms with Crippen molar-refractivity contribution in [2.75, 3.05) is 6.61 Å². The van der Waals surface area contributed by atoms with Crippen LogP contribution >= 0.6 is 0 Å². The van der Waals surface area contributed by atoms with Crippen molar-refractivity contribution in [2.45, 2.75) is 24.9 Å². The third kappa shape index (κ3) is 1.50. The van der Waals surface area contributed by atoms with Gasteiger partial charge in [0.05, 0.1) is 29.8 Å². The van der Waals surface area contributed by atoms with Crippen LogP contribution in [0.15, 0.2) is 24.3 Å². The smallest absolute Gasteiger partial charge is 0.311 e. The second-order valence-electron chi connectivity index (χ2n) is 6.52. The molecule has 3 N–H and O–H groups in total. The zero-order valence-corrected chi connectivity index (χ0v) is 13.2. The molecule has 1 aromatic rings. The van der Waals surface area contributed by atoms with Crippen LogP contribution in [0.5, 0.6) is 0 Å². The van der Waals surface area contributed by atoms with Crippen molar-refractivity contribution in [3.63, 3.8) is 0 Å². The van der Waals surface area contributed by atoms with E-state index in [-0.39, 0.29) is 24.2 Å². The molecule has 1 saturated heterocycles. The SMILES string of the molecule is C[C@H]1CO[C@@]2([NH+]=C(N)[C@@]3(C#N)[C@@H](c4cccc([N+](=O)[O-])c4)[C@@]23C#N)O1. The lowest BCUT2D eigenvalue weighted by molar-refractivity contribution is -0.677. The van der Waals surface area contributed by atoms with E-state index in [2.05, 4.69) is 17.1 Å². The summed E-state index contributed by atoms with van der Waals surface area (Å²) in [4.78, 5) is 13.4. The second-order valence-corrected chi connectivity index (χ2v) is 6.52. The molecule has 9 nitrogen and oxygen atoms in total. The van der Waals surface area contributed by atoms with E-state index in [1.807, 2.05) is 0 Å². The fraction of sp³-hybridized carbons (Fsp3) is 0.438. The summed E-state index contributed by atoms with van der Waals surface area (Å²) in [6.07, 6.45) is -0.286. The van der Waals surface area contributed by atoms with Gasteiger partial charge in [0.2, 0.25) is 0 Å². The summed E-state index contributed by atoms with van der Waals surface area (Å²) >= 11 is 0. The number of hydrogen-bond acceptors (Lipinski definition) is 7. The van der Waals surface area contributed by atoms with Crippen molar-refractivity contribution in [3.05, 3.63) is 39.9 Å². The molecule has 1 aliphatic carbocycles. The molecule has 0 aromatic heterocycles. The lowest BCUT2D eigenvalue weighted by atomic mass is 9.94. The Morgan fingerprint density at radius 1 is 1.44 bits per heavy atom. The first-order valence-corrected chi connectivity index (χ1v) is 7.68. The molecule has 0 bridgehead atoms. The zero-order valence-electron chi connectivity index (χ0n) is 13.2. The van der Waals surface area contributed by atoms with Crippen LogP contribution in [0.1, 0.15) is 18.4 Å². The van der Waals surface area contributed by atoms with Gasteiger partial charge in [0.1, 0.15) is 0 Å². The quantitative estimate of drug-likeness (QED) is 0.531. The van der Waals surface area contributed by atoms with Crippen molar-refractivity contribution >= 4 is 11.5 Å². The summed E-state index contributed by atoms with van der Waals surface area (Å²) in [6, 6.07) is 10.2. The molecule has 2 aliphatic heterocycles. The van der Waals surface area contributed by atoms with Crippen LogP contribution in [-0.2, 0) is 9.47 Å². The van der Waals surface area contributed by atoms with Crippen LogP contribution in [0.2, 0.25) is 0 Å². The van der Waals surface area contributed by atoms with Gasteiger partial charge in [-0.05, 0) is 12.5 Å². The highest BCUT2D eigenvalue weighted by Crippen LogP contribution is 2.79. The van der Waals surface area contributed by atoms with Gasteiger partial charge >= 0.3 is 5.91 Å². The van der Waals surface area contributed by atoms with E-state index in [9.17, 15) is 20.6 Å². The van der Waals surface area contributed by atoms with Gasteiger partial charge < -0.3 is 9.47 Å². The van der Waals surface area contributed by atoms with E-state index in [0.29, 0.717) is 5.56 Å². The fourth-order valence-electron chi connectivity index (χ4n) is 4.28. The normalized spacial score (nSPS) is 40.8. The van der Waals surface area contributed by atoms with E-state index < -0.39 is 27.6 Å². The van der Waals surface area contributed by atoms with Gasteiger partial charge in [0, 0.05) is 18.1 Å². The monoisotopic (exact) mass is 340 g/mol. The molecule has 0 radical (unpaired) electrons. The van der Waals surface area contributed by atoms with E-state index in [0.717, 1.165) is 0 Å². The summed E-state index contributed by atoms with van der Waals surface area (Å²) in [5.74, 6) is -2.14. The topological polar surface area (TPSA) is 149 Å². The molecule has 4 rings (SSSR count). The number of non-ortho nitro benzene ring substituents is 1. The number of benzene rings is 1. The highest BCUT2D eigenvalue weighted by molar-refractivity contribution is 5.95. The molecule has 2 fully saturated rings. The predicted octanol–water partition coefficient (Wildman–Crippen LogP) is -0.748. The molecule has 9 heteroatoms. The molecule has 25 heavy (non-hydrogen) atoms. The first-order chi connectivity index (χ1) is 11.9. The van der Waals surface area contributed by atoms with Gasteiger partial charge in [-0.2, -0.15) is 10.5 Å². The summed E-state index contributed by atoms with van der Waals surface area (Å²) in [5, 5.41) is 30.9. The summed E-state index contributed by atoms with van der Waals surface area (Å²) < 4.78 is 11.6. The molecule has 3 aliphatic rings. The first-order valence-electron chi connectivity index (χ1n) is 7.68. The van der Waals surface area contributed by atoms with Crippen molar-refractivity contribution < 1.29 is 19.4 Å². The number of nitrogens with zero attached hydrogens (tertiary/aromatic N) is 3.